The summed E-state index contributed by atoms with van der Waals surface area (Å²) in [6, 6.07) is 0.0117. The maximum atomic E-state index is 12.3. The Kier molecular flexibility index (Phi) is 4.99. The molecular formula is C12H24N2O5S2. The van der Waals surface area contributed by atoms with Crippen LogP contribution < -0.4 is 0 Å². The highest BCUT2D eigenvalue weighted by molar-refractivity contribution is 7.89. The molecule has 1 aliphatic heterocycles. The topological polar surface area (TPSA) is 84.0 Å². The van der Waals surface area contributed by atoms with Crippen molar-refractivity contribution in [2.45, 2.75) is 31.9 Å². The second kappa shape index (κ2) is 6.11. The SMILES string of the molecule is CCOC1CC(N(C)S(=O)(=O)CC2CN(S(C)(=O)=O)C2)C1. The molecule has 0 aromatic heterocycles. The molecule has 0 amide bonds. The van der Waals surface area contributed by atoms with Crippen LogP contribution in [0.5, 0.6) is 0 Å². The molecule has 124 valence electrons. The highest BCUT2D eigenvalue weighted by atomic mass is 32.2. The molecule has 1 aliphatic carbocycles. The molecule has 21 heavy (non-hydrogen) atoms. The lowest BCUT2D eigenvalue weighted by atomic mass is 9.89. The van der Waals surface area contributed by atoms with E-state index in [9.17, 15) is 16.8 Å². The normalized spacial score (nSPS) is 28.4. The van der Waals surface area contributed by atoms with Gasteiger partial charge in [-0.25, -0.2) is 25.4 Å². The summed E-state index contributed by atoms with van der Waals surface area (Å²) in [6.07, 6.45) is 2.79. The van der Waals surface area contributed by atoms with E-state index in [0.29, 0.717) is 19.7 Å². The zero-order chi connectivity index (χ0) is 15.8. The summed E-state index contributed by atoms with van der Waals surface area (Å²) in [5.74, 6) is -0.0827. The minimum Gasteiger partial charge on any atom is -0.378 e. The summed E-state index contributed by atoms with van der Waals surface area (Å²) >= 11 is 0. The molecule has 2 fully saturated rings. The van der Waals surface area contributed by atoms with E-state index in [-0.39, 0.29) is 23.8 Å². The second-order valence-electron chi connectivity index (χ2n) is 5.94. The van der Waals surface area contributed by atoms with E-state index in [1.807, 2.05) is 6.92 Å². The van der Waals surface area contributed by atoms with Crippen LogP contribution in [0.2, 0.25) is 0 Å². The number of rotatable bonds is 7. The lowest BCUT2D eigenvalue weighted by molar-refractivity contribution is -0.0239. The Morgan fingerprint density at radius 1 is 1.19 bits per heavy atom. The third-order valence-corrected chi connectivity index (χ3v) is 7.57. The summed E-state index contributed by atoms with van der Waals surface area (Å²) in [7, 11) is -4.92. The Hall–Kier alpha value is -0.220. The van der Waals surface area contributed by atoms with Crippen molar-refractivity contribution in [3.63, 3.8) is 0 Å². The van der Waals surface area contributed by atoms with E-state index >= 15 is 0 Å². The van der Waals surface area contributed by atoms with Gasteiger partial charge in [0.2, 0.25) is 20.0 Å². The Balaban J connectivity index is 1.81. The Morgan fingerprint density at radius 2 is 1.76 bits per heavy atom. The first kappa shape index (κ1) is 17.1. The van der Waals surface area contributed by atoms with Gasteiger partial charge in [0.1, 0.15) is 0 Å². The predicted molar refractivity (Wildman–Crippen MR) is 79.9 cm³/mol. The van der Waals surface area contributed by atoms with Crippen molar-refractivity contribution in [1.82, 2.24) is 8.61 Å². The molecule has 9 heteroatoms. The molecule has 0 spiro atoms. The van der Waals surface area contributed by atoms with E-state index < -0.39 is 20.0 Å². The summed E-state index contributed by atoms with van der Waals surface area (Å²) in [6.45, 7) is 3.19. The molecule has 1 heterocycles. The molecule has 2 aliphatic rings. The summed E-state index contributed by atoms with van der Waals surface area (Å²) in [4.78, 5) is 0. The van der Waals surface area contributed by atoms with Gasteiger partial charge in [0.05, 0.1) is 18.1 Å². The molecule has 7 nitrogen and oxygen atoms in total. The zero-order valence-corrected chi connectivity index (χ0v) is 14.4. The van der Waals surface area contributed by atoms with Crippen molar-refractivity contribution in [3.05, 3.63) is 0 Å². The number of hydrogen-bond acceptors (Lipinski definition) is 5. The molecule has 0 radical (unpaired) electrons. The second-order valence-corrected chi connectivity index (χ2v) is 10.00. The lowest BCUT2D eigenvalue weighted by Gasteiger charge is -2.42. The van der Waals surface area contributed by atoms with Gasteiger partial charge in [0.25, 0.3) is 0 Å². The van der Waals surface area contributed by atoms with E-state index in [1.165, 1.54) is 8.61 Å². The molecule has 0 N–H and O–H groups in total. The fourth-order valence-corrected chi connectivity index (χ4v) is 5.38. The van der Waals surface area contributed by atoms with Gasteiger partial charge in [-0.3, -0.25) is 0 Å². The van der Waals surface area contributed by atoms with Gasteiger partial charge in [-0.15, -0.1) is 0 Å². The summed E-state index contributed by atoms with van der Waals surface area (Å²) in [5.41, 5.74) is 0. The van der Waals surface area contributed by atoms with Gasteiger partial charge < -0.3 is 4.74 Å². The number of sulfonamides is 2. The van der Waals surface area contributed by atoms with Crippen molar-refractivity contribution < 1.29 is 21.6 Å². The molecule has 0 unspecified atom stereocenters. The van der Waals surface area contributed by atoms with Gasteiger partial charge in [0, 0.05) is 38.7 Å². The predicted octanol–water partition coefficient (Wildman–Crippen LogP) is -0.293. The van der Waals surface area contributed by atoms with Gasteiger partial charge >= 0.3 is 0 Å². The molecule has 1 saturated heterocycles. The van der Waals surface area contributed by atoms with E-state index in [2.05, 4.69) is 0 Å². The maximum Gasteiger partial charge on any atom is 0.214 e. The highest BCUT2D eigenvalue weighted by Crippen LogP contribution is 2.30. The fourth-order valence-electron chi connectivity index (χ4n) is 2.75. The molecular weight excluding hydrogens is 316 g/mol. The summed E-state index contributed by atoms with van der Waals surface area (Å²) in [5, 5.41) is 0. The van der Waals surface area contributed by atoms with Crippen LogP contribution in [0.25, 0.3) is 0 Å². The minimum atomic E-state index is -3.33. The van der Waals surface area contributed by atoms with E-state index in [1.54, 1.807) is 7.05 Å². The van der Waals surface area contributed by atoms with Crippen LogP contribution in [0.3, 0.4) is 0 Å². The Morgan fingerprint density at radius 3 is 2.24 bits per heavy atom. The van der Waals surface area contributed by atoms with Crippen LogP contribution in [0.1, 0.15) is 19.8 Å². The quantitative estimate of drug-likeness (QED) is 0.636. The molecule has 0 aromatic carbocycles. The molecule has 2 rings (SSSR count). The fraction of sp³-hybridized carbons (Fsp3) is 1.00. The van der Waals surface area contributed by atoms with Crippen molar-refractivity contribution in [2.75, 3.05) is 38.8 Å². The maximum absolute atomic E-state index is 12.3. The van der Waals surface area contributed by atoms with Crippen LogP contribution in [0, 0.1) is 5.92 Å². The van der Waals surface area contributed by atoms with Crippen molar-refractivity contribution in [3.8, 4) is 0 Å². The number of ether oxygens (including phenoxy) is 1. The van der Waals surface area contributed by atoms with Gasteiger partial charge in [0.15, 0.2) is 0 Å². The number of hydrogen-bond donors (Lipinski definition) is 0. The van der Waals surface area contributed by atoms with E-state index in [4.69, 9.17) is 4.74 Å². The first-order valence-electron chi connectivity index (χ1n) is 7.16. The average molecular weight is 340 g/mol. The molecule has 0 bridgehead atoms. The Labute approximate surface area is 127 Å². The van der Waals surface area contributed by atoms with Crippen LogP contribution in [0.4, 0.5) is 0 Å². The lowest BCUT2D eigenvalue weighted by Crippen LogP contribution is -2.55. The summed E-state index contributed by atoms with van der Waals surface area (Å²) < 4.78 is 55.3. The zero-order valence-electron chi connectivity index (χ0n) is 12.7. The van der Waals surface area contributed by atoms with E-state index in [0.717, 1.165) is 19.1 Å². The monoisotopic (exact) mass is 340 g/mol. The van der Waals surface area contributed by atoms with Gasteiger partial charge in [-0.1, -0.05) is 0 Å². The first-order chi connectivity index (χ1) is 9.63. The van der Waals surface area contributed by atoms with Crippen molar-refractivity contribution in [2.24, 2.45) is 5.92 Å². The van der Waals surface area contributed by atoms with Crippen LogP contribution in [-0.4, -0.2) is 76.3 Å². The highest BCUT2D eigenvalue weighted by Gasteiger charge is 2.41. The molecule has 1 saturated carbocycles. The molecule has 0 aromatic rings. The third kappa shape index (κ3) is 3.95. The van der Waals surface area contributed by atoms with Gasteiger partial charge in [-0.05, 0) is 19.8 Å². The third-order valence-electron chi connectivity index (χ3n) is 4.26. The van der Waals surface area contributed by atoms with Crippen molar-refractivity contribution in [1.29, 1.82) is 0 Å². The smallest absolute Gasteiger partial charge is 0.214 e. The molecule has 0 atom stereocenters. The standard InChI is InChI=1S/C12H24N2O5S2/c1-4-19-12-5-11(6-12)13(2)21(17,18)9-10-7-14(8-10)20(3,15)16/h10-12H,4-9H2,1-3H3. The average Bonchev–Trinajstić information content (AvgIpc) is 2.25. The van der Waals surface area contributed by atoms with Gasteiger partial charge in [-0.2, -0.15) is 0 Å². The Bertz CT molecular complexity index is 562. The van der Waals surface area contributed by atoms with Crippen LogP contribution in [-0.2, 0) is 24.8 Å². The minimum absolute atomic E-state index is 0.0117. The largest absolute Gasteiger partial charge is 0.378 e. The first-order valence-corrected chi connectivity index (χ1v) is 10.6. The van der Waals surface area contributed by atoms with Crippen molar-refractivity contribution >= 4 is 20.0 Å². The van der Waals surface area contributed by atoms with Crippen LogP contribution >= 0.6 is 0 Å². The van der Waals surface area contributed by atoms with Crippen LogP contribution in [0.15, 0.2) is 0 Å². The number of nitrogens with zero attached hydrogens (tertiary/aromatic N) is 2.